The number of fused-ring (bicyclic) bond motifs is 1. The average molecular weight is 749 g/mol. The smallest absolute Gasteiger partial charge is 0.192 e. The third-order valence-corrected chi connectivity index (χ3v) is 21.0. The van der Waals surface area contributed by atoms with Crippen molar-refractivity contribution in [2.24, 2.45) is 0 Å². The fourth-order valence-electron chi connectivity index (χ4n) is 5.95. The van der Waals surface area contributed by atoms with Gasteiger partial charge in [-0.05, 0) is 61.6 Å². The third-order valence-electron chi connectivity index (χ3n) is 11.0. The summed E-state index contributed by atoms with van der Waals surface area (Å²) in [4.78, 5) is 9.09. The zero-order valence-corrected chi connectivity index (χ0v) is 35.1. The minimum Gasteiger partial charge on any atom is -0.408 e. The van der Waals surface area contributed by atoms with Crippen LogP contribution >= 0.6 is 11.8 Å². The number of thioether (sulfide) groups is 1. The van der Waals surface area contributed by atoms with Gasteiger partial charge in [0.25, 0.3) is 0 Å². The van der Waals surface area contributed by atoms with Crippen LogP contribution in [0.25, 0.3) is 22.4 Å². The van der Waals surface area contributed by atoms with E-state index in [1.165, 1.54) is 6.33 Å². The molecule has 1 aliphatic heterocycles. The number of nitriles is 1. The molecule has 0 radical (unpaired) electrons. The van der Waals surface area contributed by atoms with Gasteiger partial charge in [-0.25, -0.2) is 9.97 Å². The van der Waals surface area contributed by atoms with Crippen molar-refractivity contribution in [3.05, 3.63) is 59.7 Å². The van der Waals surface area contributed by atoms with E-state index in [1.807, 2.05) is 25.1 Å². The molecule has 0 spiro atoms. The number of nitrogens with zero attached hydrogens (tertiary/aromatic N) is 5. The average Bonchev–Trinajstić information content (AvgIpc) is 3.70. The standard InChI is InChI=1S/C38H56N6O4SSi2/c1-25-28(31(46-43-25)26-17-13-12-14-18-26)22-49-23-29-32(47-50(8,9)37(2,3)4)33(48-51(10,11)38(5,6)7)36(45-29)44-21-27(19-15-16-20-39)30-34(40)41-24-42-35(30)44/h12-14,17-18,21,24,29,32-33,36H,15-16,19,22-23H2,1-11H3,(H2,40,41,42)/t29-,32-,33-,36-/m1/s1. The number of rotatable bonds is 13. The number of ether oxygens (including phenoxy) is 1. The highest BCUT2D eigenvalue weighted by Crippen LogP contribution is 2.47. The maximum Gasteiger partial charge on any atom is 0.192 e. The number of aromatic nitrogens is 4. The van der Waals surface area contributed by atoms with Crippen molar-refractivity contribution in [1.29, 1.82) is 5.26 Å². The van der Waals surface area contributed by atoms with E-state index in [0.717, 1.165) is 33.5 Å². The summed E-state index contributed by atoms with van der Waals surface area (Å²) in [5, 5.41) is 14.3. The summed E-state index contributed by atoms with van der Waals surface area (Å²) in [7, 11) is -4.64. The van der Waals surface area contributed by atoms with Crippen molar-refractivity contribution >= 4 is 45.2 Å². The predicted molar refractivity (Wildman–Crippen MR) is 211 cm³/mol. The second-order valence-electron chi connectivity index (χ2n) is 16.7. The van der Waals surface area contributed by atoms with Crippen LogP contribution in [0.2, 0.25) is 36.3 Å². The molecule has 13 heteroatoms. The van der Waals surface area contributed by atoms with Gasteiger partial charge in [0.2, 0.25) is 0 Å². The minimum absolute atomic E-state index is 0.0236. The van der Waals surface area contributed by atoms with Crippen molar-refractivity contribution in [1.82, 2.24) is 19.7 Å². The molecule has 0 saturated carbocycles. The summed E-state index contributed by atoms with van der Waals surface area (Å²) in [5.74, 6) is 2.62. The highest BCUT2D eigenvalue weighted by atomic mass is 32.2. The number of nitrogen functional groups attached to an aromatic ring is 1. The molecule has 4 atom stereocenters. The van der Waals surface area contributed by atoms with E-state index in [2.05, 4.69) is 107 Å². The second-order valence-corrected chi connectivity index (χ2v) is 27.3. The lowest BCUT2D eigenvalue weighted by Crippen LogP contribution is -2.53. The van der Waals surface area contributed by atoms with E-state index < -0.39 is 29.0 Å². The molecular formula is C38H56N6O4SSi2. The Bertz CT molecular complexity index is 1840. The van der Waals surface area contributed by atoms with Crippen LogP contribution in [-0.4, -0.2) is 60.4 Å². The Labute approximate surface area is 310 Å². The Kier molecular flexibility index (Phi) is 11.7. The number of benzene rings is 1. The molecule has 276 valence electrons. The molecule has 1 aliphatic rings. The summed E-state index contributed by atoms with van der Waals surface area (Å²) >= 11 is 1.80. The van der Waals surface area contributed by atoms with Gasteiger partial charge in [0.15, 0.2) is 28.6 Å². The topological polar surface area (TPSA) is 134 Å². The molecule has 2 N–H and O–H groups in total. The molecule has 51 heavy (non-hydrogen) atoms. The normalized spacial score (nSPS) is 20.3. The molecule has 1 aromatic carbocycles. The number of hydrogen-bond donors (Lipinski definition) is 1. The largest absolute Gasteiger partial charge is 0.408 e. The van der Waals surface area contributed by atoms with E-state index in [9.17, 15) is 5.26 Å². The quantitative estimate of drug-likeness (QED) is 0.104. The highest BCUT2D eigenvalue weighted by molar-refractivity contribution is 7.98. The first-order valence-electron chi connectivity index (χ1n) is 17.9. The molecule has 4 aromatic rings. The number of aryl methyl sites for hydroxylation is 2. The van der Waals surface area contributed by atoms with Crippen molar-refractivity contribution in [3.63, 3.8) is 0 Å². The van der Waals surface area contributed by atoms with E-state index in [0.29, 0.717) is 42.2 Å². The van der Waals surface area contributed by atoms with Gasteiger partial charge in [-0.1, -0.05) is 77.0 Å². The van der Waals surface area contributed by atoms with Crippen molar-refractivity contribution in [3.8, 4) is 17.4 Å². The van der Waals surface area contributed by atoms with Crippen molar-refractivity contribution in [2.45, 2.75) is 134 Å². The number of nitrogens with two attached hydrogens (primary N) is 1. The van der Waals surface area contributed by atoms with Gasteiger partial charge >= 0.3 is 0 Å². The van der Waals surface area contributed by atoms with Gasteiger partial charge < -0.3 is 28.4 Å². The molecule has 0 amide bonds. The molecule has 5 rings (SSSR count). The van der Waals surface area contributed by atoms with Gasteiger partial charge in [0.05, 0.1) is 23.3 Å². The van der Waals surface area contributed by atoms with Crippen LogP contribution in [0.3, 0.4) is 0 Å². The van der Waals surface area contributed by atoms with E-state index in [-0.39, 0.29) is 22.3 Å². The maximum atomic E-state index is 9.27. The third kappa shape index (κ3) is 8.31. The molecule has 0 aliphatic carbocycles. The van der Waals surface area contributed by atoms with Gasteiger partial charge in [-0.15, -0.1) is 0 Å². The van der Waals surface area contributed by atoms with E-state index in [1.54, 1.807) is 11.8 Å². The van der Waals surface area contributed by atoms with Crippen LogP contribution in [0.15, 0.2) is 47.4 Å². The highest BCUT2D eigenvalue weighted by Gasteiger charge is 2.54. The molecule has 0 bridgehead atoms. The van der Waals surface area contributed by atoms with Crippen molar-refractivity contribution < 1.29 is 18.1 Å². The molecule has 10 nitrogen and oxygen atoms in total. The Morgan fingerprint density at radius 2 is 1.63 bits per heavy atom. The number of unbranched alkanes of at least 4 members (excludes halogenated alkanes) is 1. The number of anilines is 1. The zero-order valence-electron chi connectivity index (χ0n) is 32.2. The molecule has 4 heterocycles. The summed E-state index contributed by atoms with van der Waals surface area (Å²) in [6.45, 7) is 24.8. The lowest BCUT2D eigenvalue weighted by Gasteiger charge is -2.44. The second kappa shape index (κ2) is 15.2. The Balaban J connectivity index is 1.57. The summed E-state index contributed by atoms with van der Waals surface area (Å²) in [5.41, 5.74) is 11.2. The molecule has 0 unspecified atom stereocenters. The van der Waals surface area contributed by atoms with E-state index in [4.69, 9.17) is 28.8 Å². The lowest BCUT2D eigenvalue weighted by molar-refractivity contribution is -0.0244. The van der Waals surface area contributed by atoms with Gasteiger partial charge in [-0.3, -0.25) is 0 Å². The first-order valence-corrected chi connectivity index (χ1v) is 24.9. The van der Waals surface area contributed by atoms with Crippen LogP contribution < -0.4 is 5.73 Å². The molecule has 1 saturated heterocycles. The Morgan fingerprint density at radius 3 is 2.25 bits per heavy atom. The fraction of sp³-hybridized carbons (Fsp3) is 0.579. The Morgan fingerprint density at radius 1 is 0.980 bits per heavy atom. The van der Waals surface area contributed by atoms with Gasteiger partial charge in [0, 0.05) is 35.3 Å². The summed E-state index contributed by atoms with van der Waals surface area (Å²) < 4.78 is 29.9. The summed E-state index contributed by atoms with van der Waals surface area (Å²) in [6.07, 6.45) is 3.93. The van der Waals surface area contributed by atoms with Crippen LogP contribution in [0, 0.1) is 18.3 Å². The maximum absolute atomic E-state index is 9.27. The minimum atomic E-state index is -2.34. The predicted octanol–water partition coefficient (Wildman–Crippen LogP) is 9.43. The Hall–Kier alpha value is -3.00. The molecule has 1 fully saturated rings. The summed E-state index contributed by atoms with van der Waals surface area (Å²) in [6, 6.07) is 12.4. The van der Waals surface area contributed by atoms with Crippen molar-refractivity contribution in [2.75, 3.05) is 11.5 Å². The van der Waals surface area contributed by atoms with Crippen LogP contribution in [0.4, 0.5) is 5.82 Å². The molecule has 3 aromatic heterocycles. The van der Waals surface area contributed by atoms with Gasteiger partial charge in [0.1, 0.15) is 30.0 Å². The van der Waals surface area contributed by atoms with Crippen LogP contribution in [-0.2, 0) is 25.8 Å². The lowest BCUT2D eigenvalue weighted by atomic mass is 10.1. The van der Waals surface area contributed by atoms with E-state index >= 15 is 0 Å². The van der Waals surface area contributed by atoms with Gasteiger partial charge in [-0.2, -0.15) is 17.0 Å². The first-order chi connectivity index (χ1) is 23.9. The van der Waals surface area contributed by atoms with Crippen LogP contribution in [0.1, 0.15) is 77.4 Å². The van der Waals surface area contributed by atoms with Crippen LogP contribution in [0.5, 0.6) is 0 Å². The number of hydrogen-bond acceptors (Lipinski definition) is 10. The fourth-order valence-corrected chi connectivity index (χ4v) is 9.72. The monoisotopic (exact) mass is 748 g/mol. The molecular weight excluding hydrogens is 693 g/mol. The SMILES string of the molecule is Cc1noc(-c2ccccc2)c1CSC[C@H]1O[C@@H](n2cc(CCCC#N)c3c(N)ncnc32)[C@H](O[Si](C)(C)C(C)(C)C)[C@@H]1O[Si](C)(C)C(C)(C)C. The first kappa shape index (κ1) is 39.2. The zero-order chi connectivity index (χ0) is 37.4.